The van der Waals surface area contributed by atoms with Crippen molar-refractivity contribution in [3.05, 3.63) is 115 Å². The van der Waals surface area contributed by atoms with Crippen molar-refractivity contribution in [1.29, 1.82) is 5.26 Å². The largest absolute Gasteiger partial charge is 0.347 e. The Bertz CT molecular complexity index is 1390. The predicted octanol–water partition coefficient (Wildman–Crippen LogP) is 5.10. The summed E-state index contributed by atoms with van der Waals surface area (Å²) in [5.41, 5.74) is 1.47. The van der Waals surface area contributed by atoms with Crippen molar-refractivity contribution in [2.24, 2.45) is 0 Å². The van der Waals surface area contributed by atoms with Crippen LogP contribution in [-0.4, -0.2) is 22.0 Å². The number of para-hydroxylation sites is 1. The molecule has 0 spiro atoms. The van der Waals surface area contributed by atoms with Gasteiger partial charge in [-0.05, 0) is 29.8 Å². The van der Waals surface area contributed by atoms with E-state index in [0.717, 1.165) is 21.8 Å². The van der Waals surface area contributed by atoms with Gasteiger partial charge in [0.05, 0.1) is 10.2 Å². The molecule has 0 bridgehead atoms. The lowest BCUT2D eigenvalue weighted by Gasteiger charge is -2.19. The Labute approximate surface area is 219 Å². The lowest BCUT2D eigenvalue weighted by atomic mass is 10.1. The standard InChI is InChI=1S/C26H19BrN4O4S/c27-19-10-12-20(13-11-19)30-25(33)23(14-18-8-4-5-9-22(18)31(34)35)36-26(30)21(15-28)24(32)29-16-17-6-2-1-3-7-17/h1-13,23H,14,16H2,(H,29,32)/b26-21-/t23-/m1/s1. The number of nitrogens with one attached hydrogen (secondary N) is 1. The van der Waals surface area contributed by atoms with Crippen molar-refractivity contribution in [3.8, 4) is 6.07 Å². The number of benzene rings is 3. The molecule has 0 saturated carbocycles. The van der Waals surface area contributed by atoms with Crippen LogP contribution in [0.2, 0.25) is 0 Å². The van der Waals surface area contributed by atoms with Gasteiger partial charge >= 0.3 is 0 Å². The summed E-state index contributed by atoms with van der Waals surface area (Å²) in [6, 6.07) is 24.4. The number of halogens is 1. The third-order valence-corrected chi connectivity index (χ3v) is 7.27. The molecular formula is C26H19BrN4O4S. The molecule has 1 heterocycles. The summed E-state index contributed by atoms with van der Waals surface area (Å²) in [5, 5.41) is 23.6. The highest BCUT2D eigenvalue weighted by atomic mass is 79.9. The number of nitro groups is 1. The van der Waals surface area contributed by atoms with E-state index in [0.29, 0.717) is 11.3 Å². The number of amides is 2. The zero-order valence-corrected chi connectivity index (χ0v) is 21.2. The van der Waals surface area contributed by atoms with Crippen LogP contribution in [0.1, 0.15) is 11.1 Å². The summed E-state index contributed by atoms with van der Waals surface area (Å²) in [5.74, 6) is -0.968. The van der Waals surface area contributed by atoms with Gasteiger partial charge in [-0.2, -0.15) is 5.26 Å². The van der Waals surface area contributed by atoms with Crippen LogP contribution in [0.15, 0.2) is 93.9 Å². The molecule has 0 unspecified atom stereocenters. The van der Waals surface area contributed by atoms with Crippen LogP contribution in [0.4, 0.5) is 11.4 Å². The second-order valence-corrected chi connectivity index (χ2v) is 9.91. The Kier molecular flexibility index (Phi) is 7.83. The van der Waals surface area contributed by atoms with E-state index in [1.165, 1.54) is 11.0 Å². The van der Waals surface area contributed by atoms with E-state index < -0.39 is 16.1 Å². The molecule has 0 aliphatic carbocycles. The van der Waals surface area contributed by atoms with Gasteiger partial charge in [0.25, 0.3) is 11.6 Å². The summed E-state index contributed by atoms with van der Waals surface area (Å²) in [6.07, 6.45) is 0.0710. The maximum atomic E-state index is 13.6. The summed E-state index contributed by atoms with van der Waals surface area (Å²) in [4.78, 5) is 38.9. The number of carbonyl (C=O) groups is 2. The van der Waals surface area contributed by atoms with E-state index in [4.69, 9.17) is 0 Å². The van der Waals surface area contributed by atoms with Crippen LogP contribution in [0.25, 0.3) is 0 Å². The molecule has 8 nitrogen and oxygen atoms in total. The average molecular weight is 563 g/mol. The van der Waals surface area contributed by atoms with Crippen LogP contribution in [0.3, 0.4) is 0 Å². The molecule has 0 aromatic heterocycles. The molecule has 3 aromatic carbocycles. The molecule has 1 fully saturated rings. The molecule has 4 rings (SSSR count). The molecule has 1 saturated heterocycles. The number of rotatable bonds is 7. The van der Waals surface area contributed by atoms with Crippen LogP contribution < -0.4 is 10.2 Å². The fraction of sp³-hybridized carbons (Fsp3) is 0.115. The molecule has 0 radical (unpaired) electrons. The van der Waals surface area contributed by atoms with E-state index in [2.05, 4.69) is 21.2 Å². The van der Waals surface area contributed by atoms with E-state index in [1.807, 2.05) is 36.4 Å². The lowest BCUT2D eigenvalue weighted by Crippen LogP contribution is -2.32. The van der Waals surface area contributed by atoms with Crippen LogP contribution >= 0.6 is 27.7 Å². The second-order valence-electron chi connectivity index (χ2n) is 7.81. The van der Waals surface area contributed by atoms with Gasteiger partial charge in [-0.15, -0.1) is 0 Å². The smallest absolute Gasteiger partial charge is 0.272 e. The molecule has 10 heteroatoms. The maximum absolute atomic E-state index is 13.6. The van der Waals surface area contributed by atoms with Crippen LogP contribution in [0, 0.1) is 21.4 Å². The van der Waals surface area contributed by atoms with Crippen molar-refractivity contribution in [1.82, 2.24) is 5.32 Å². The van der Waals surface area contributed by atoms with Gasteiger partial charge in [0.1, 0.15) is 16.7 Å². The van der Waals surface area contributed by atoms with Gasteiger partial charge in [0.2, 0.25) is 5.91 Å². The maximum Gasteiger partial charge on any atom is 0.272 e. The SMILES string of the molecule is N#C/C(C(=O)NCc1ccccc1)=C1/S[C@H](Cc2ccccc2[N+](=O)[O-])C(=O)N1c1ccc(Br)cc1. The first-order valence-electron chi connectivity index (χ1n) is 10.8. The highest BCUT2D eigenvalue weighted by Gasteiger charge is 2.41. The van der Waals surface area contributed by atoms with Crippen molar-refractivity contribution in [2.75, 3.05) is 4.90 Å². The van der Waals surface area contributed by atoms with E-state index in [9.17, 15) is 25.0 Å². The van der Waals surface area contributed by atoms with E-state index in [-0.39, 0.29) is 35.2 Å². The van der Waals surface area contributed by atoms with Gasteiger partial charge in [-0.1, -0.05) is 76.2 Å². The zero-order chi connectivity index (χ0) is 25.7. The van der Waals surface area contributed by atoms with Gasteiger partial charge < -0.3 is 5.32 Å². The molecule has 2 amide bonds. The Hall–Kier alpha value is -3.94. The number of nitriles is 1. The first-order chi connectivity index (χ1) is 17.4. The Morgan fingerprint density at radius 2 is 1.75 bits per heavy atom. The van der Waals surface area contributed by atoms with Crippen molar-refractivity contribution in [2.45, 2.75) is 18.2 Å². The molecule has 1 N–H and O–H groups in total. The van der Waals surface area contributed by atoms with Gasteiger partial charge in [-0.25, -0.2) is 0 Å². The van der Waals surface area contributed by atoms with Crippen molar-refractivity contribution >= 4 is 50.9 Å². The Morgan fingerprint density at radius 3 is 2.42 bits per heavy atom. The first kappa shape index (κ1) is 25.2. The minimum atomic E-state index is -0.755. The number of hydrogen-bond acceptors (Lipinski definition) is 6. The molecule has 36 heavy (non-hydrogen) atoms. The Morgan fingerprint density at radius 1 is 1.08 bits per heavy atom. The molecule has 180 valence electrons. The quantitative estimate of drug-likeness (QED) is 0.185. The van der Waals surface area contributed by atoms with Crippen molar-refractivity contribution < 1.29 is 14.5 Å². The minimum absolute atomic E-state index is 0.0710. The first-order valence-corrected chi connectivity index (χ1v) is 12.5. The monoisotopic (exact) mass is 562 g/mol. The molecule has 3 aromatic rings. The van der Waals surface area contributed by atoms with Gasteiger partial charge in [0.15, 0.2) is 0 Å². The average Bonchev–Trinajstić information content (AvgIpc) is 3.19. The predicted molar refractivity (Wildman–Crippen MR) is 141 cm³/mol. The number of nitro benzene ring substituents is 1. The van der Waals surface area contributed by atoms with E-state index >= 15 is 0 Å². The molecular weight excluding hydrogens is 544 g/mol. The minimum Gasteiger partial charge on any atom is -0.347 e. The highest BCUT2D eigenvalue weighted by molar-refractivity contribution is 9.10. The van der Waals surface area contributed by atoms with Crippen LogP contribution in [-0.2, 0) is 22.6 Å². The molecule has 1 aliphatic rings. The molecule has 1 aliphatic heterocycles. The third kappa shape index (κ3) is 5.48. The Balaban J connectivity index is 1.70. The van der Waals surface area contributed by atoms with Crippen molar-refractivity contribution in [3.63, 3.8) is 0 Å². The highest BCUT2D eigenvalue weighted by Crippen LogP contribution is 2.42. The number of nitrogens with zero attached hydrogens (tertiary/aromatic N) is 3. The third-order valence-electron chi connectivity index (χ3n) is 5.48. The molecule has 1 atom stereocenters. The summed E-state index contributed by atoms with van der Waals surface area (Å²) in [7, 11) is 0. The fourth-order valence-corrected chi connectivity index (χ4v) is 5.30. The van der Waals surface area contributed by atoms with Gasteiger partial charge in [0, 0.05) is 34.8 Å². The topological polar surface area (TPSA) is 116 Å². The number of hydrogen-bond donors (Lipinski definition) is 1. The summed E-state index contributed by atoms with van der Waals surface area (Å²) < 4.78 is 0.800. The normalized spacial score (nSPS) is 16.4. The second kappa shape index (κ2) is 11.2. The summed E-state index contributed by atoms with van der Waals surface area (Å²) >= 11 is 4.43. The van der Waals surface area contributed by atoms with Gasteiger partial charge in [-0.3, -0.25) is 24.6 Å². The number of anilines is 1. The van der Waals surface area contributed by atoms with Crippen LogP contribution in [0.5, 0.6) is 0 Å². The number of thioether (sulfide) groups is 1. The summed E-state index contributed by atoms with van der Waals surface area (Å²) in [6.45, 7) is 0.217. The van der Waals surface area contributed by atoms with E-state index in [1.54, 1.807) is 42.5 Å². The zero-order valence-electron chi connectivity index (χ0n) is 18.8. The lowest BCUT2D eigenvalue weighted by molar-refractivity contribution is -0.385. The fourth-order valence-electron chi connectivity index (χ4n) is 3.74. The number of carbonyl (C=O) groups excluding carboxylic acids is 2.